The highest BCUT2D eigenvalue weighted by molar-refractivity contribution is 7.90. The fraction of sp³-hybridized carbons (Fsp3) is 0.158. The first-order valence-electron chi connectivity index (χ1n) is 8.28. The zero-order chi connectivity index (χ0) is 19.9. The van der Waals surface area contributed by atoms with Crippen LogP contribution >= 0.6 is 11.3 Å². The third-order valence-electron chi connectivity index (χ3n) is 4.25. The molecule has 28 heavy (non-hydrogen) atoms. The van der Waals surface area contributed by atoms with Crippen LogP contribution in [0.25, 0.3) is 21.2 Å². The minimum absolute atomic E-state index is 0.116. The van der Waals surface area contributed by atoms with Crippen LogP contribution in [0.3, 0.4) is 0 Å². The number of sulfone groups is 1. The van der Waals surface area contributed by atoms with Crippen LogP contribution in [-0.2, 0) is 21.1 Å². The molecule has 7 nitrogen and oxygen atoms in total. The van der Waals surface area contributed by atoms with Crippen molar-refractivity contribution in [3.05, 3.63) is 48.2 Å². The Hall–Kier alpha value is -2.91. The lowest BCUT2D eigenvalue weighted by Gasteiger charge is -2.01. The van der Waals surface area contributed by atoms with Gasteiger partial charge in [-0.1, -0.05) is 11.3 Å². The predicted octanol–water partition coefficient (Wildman–Crippen LogP) is 3.64. The van der Waals surface area contributed by atoms with Crippen LogP contribution in [0.1, 0.15) is 5.56 Å². The van der Waals surface area contributed by atoms with Gasteiger partial charge in [-0.25, -0.2) is 13.4 Å². The van der Waals surface area contributed by atoms with Crippen molar-refractivity contribution in [3.63, 3.8) is 0 Å². The molecule has 2 aromatic heterocycles. The number of furan rings is 1. The number of methoxy groups -OCH3 is 1. The van der Waals surface area contributed by atoms with Gasteiger partial charge in [0.2, 0.25) is 5.91 Å². The number of amides is 1. The lowest BCUT2D eigenvalue weighted by atomic mass is 10.1. The van der Waals surface area contributed by atoms with E-state index in [-0.39, 0.29) is 17.2 Å². The van der Waals surface area contributed by atoms with Crippen LogP contribution < -0.4 is 10.1 Å². The van der Waals surface area contributed by atoms with Crippen molar-refractivity contribution in [1.82, 2.24) is 4.98 Å². The summed E-state index contributed by atoms with van der Waals surface area (Å²) >= 11 is 1.23. The van der Waals surface area contributed by atoms with E-state index in [0.717, 1.165) is 17.2 Å². The first-order chi connectivity index (χ1) is 13.3. The molecule has 0 bridgehead atoms. The minimum atomic E-state index is -3.30. The van der Waals surface area contributed by atoms with Gasteiger partial charge in [-0.15, -0.1) is 0 Å². The monoisotopic (exact) mass is 416 g/mol. The van der Waals surface area contributed by atoms with Crippen molar-refractivity contribution in [2.45, 2.75) is 11.3 Å². The normalized spacial score (nSPS) is 11.8. The van der Waals surface area contributed by atoms with Gasteiger partial charge in [0.25, 0.3) is 0 Å². The van der Waals surface area contributed by atoms with E-state index in [2.05, 4.69) is 10.3 Å². The molecule has 1 N–H and O–H groups in total. The molecule has 0 radical (unpaired) electrons. The van der Waals surface area contributed by atoms with E-state index >= 15 is 0 Å². The van der Waals surface area contributed by atoms with Crippen molar-refractivity contribution in [1.29, 1.82) is 0 Å². The molecule has 0 atom stereocenters. The molecule has 0 aliphatic rings. The van der Waals surface area contributed by atoms with E-state index in [4.69, 9.17) is 9.15 Å². The molecule has 4 aromatic rings. The first kappa shape index (κ1) is 18.5. The van der Waals surface area contributed by atoms with E-state index in [9.17, 15) is 13.2 Å². The summed E-state index contributed by atoms with van der Waals surface area (Å²) in [5, 5.41) is 4.00. The Kier molecular flexibility index (Phi) is 4.56. The molecular formula is C19H16N2O5S2. The highest BCUT2D eigenvalue weighted by Crippen LogP contribution is 2.29. The number of carbonyl (C=O) groups excluding carboxylic acids is 1. The quantitative estimate of drug-likeness (QED) is 0.533. The molecule has 9 heteroatoms. The van der Waals surface area contributed by atoms with Gasteiger partial charge in [0.05, 0.1) is 34.9 Å². The molecule has 2 heterocycles. The largest absolute Gasteiger partial charge is 0.497 e. The molecule has 4 rings (SSSR count). The highest BCUT2D eigenvalue weighted by Gasteiger charge is 2.15. The Morgan fingerprint density at radius 1 is 1.25 bits per heavy atom. The van der Waals surface area contributed by atoms with E-state index in [0.29, 0.717) is 26.7 Å². The fourth-order valence-corrected chi connectivity index (χ4v) is 4.49. The third kappa shape index (κ3) is 3.58. The molecule has 0 unspecified atom stereocenters. The zero-order valence-corrected chi connectivity index (χ0v) is 16.7. The number of anilines is 1. The number of hydrogen-bond acceptors (Lipinski definition) is 7. The SMILES string of the molecule is COc1ccc2occ(CC(=O)Nc3nc4ccc(S(C)(=O)=O)cc4s3)c2c1. The standard InChI is InChI=1S/C19H16N2O5S2/c1-25-12-3-6-16-14(8-12)11(10-26-16)7-18(22)21-19-20-15-5-4-13(28(2,23)24)9-17(15)27-19/h3-6,8-10H,7H2,1-2H3,(H,20,21,22). The second kappa shape index (κ2) is 6.92. The van der Waals surface area contributed by atoms with Crippen LogP contribution in [0.4, 0.5) is 5.13 Å². The number of thiazole rings is 1. The molecule has 0 fully saturated rings. The van der Waals surface area contributed by atoms with Gasteiger partial charge in [-0.2, -0.15) is 0 Å². The zero-order valence-electron chi connectivity index (χ0n) is 15.1. The summed E-state index contributed by atoms with van der Waals surface area (Å²) < 4.78 is 34.8. The summed E-state index contributed by atoms with van der Waals surface area (Å²) in [6.07, 6.45) is 2.83. The van der Waals surface area contributed by atoms with Gasteiger partial charge in [0.1, 0.15) is 11.3 Å². The number of rotatable bonds is 5. The number of benzene rings is 2. The number of hydrogen-bond donors (Lipinski definition) is 1. The molecule has 0 aliphatic carbocycles. The van der Waals surface area contributed by atoms with E-state index in [1.807, 2.05) is 6.07 Å². The minimum Gasteiger partial charge on any atom is -0.497 e. The van der Waals surface area contributed by atoms with Crippen molar-refractivity contribution >= 4 is 53.4 Å². The summed E-state index contributed by atoms with van der Waals surface area (Å²) in [6, 6.07) is 10.1. The number of ether oxygens (including phenoxy) is 1. The summed E-state index contributed by atoms with van der Waals surface area (Å²) in [7, 11) is -1.72. The molecule has 1 amide bonds. The van der Waals surface area contributed by atoms with Gasteiger partial charge < -0.3 is 14.5 Å². The highest BCUT2D eigenvalue weighted by atomic mass is 32.2. The number of nitrogens with one attached hydrogen (secondary N) is 1. The maximum atomic E-state index is 12.5. The van der Waals surface area contributed by atoms with Crippen molar-refractivity contribution in [3.8, 4) is 5.75 Å². The Balaban J connectivity index is 1.55. The average molecular weight is 416 g/mol. The first-order valence-corrected chi connectivity index (χ1v) is 11.0. The van der Waals surface area contributed by atoms with Crippen molar-refractivity contribution in [2.75, 3.05) is 18.7 Å². The fourth-order valence-electron chi connectivity index (χ4n) is 2.85. The Morgan fingerprint density at radius 3 is 2.82 bits per heavy atom. The topological polar surface area (TPSA) is 98.5 Å². The smallest absolute Gasteiger partial charge is 0.230 e. The number of aromatic nitrogens is 1. The molecule has 144 valence electrons. The van der Waals surface area contributed by atoms with Gasteiger partial charge >= 0.3 is 0 Å². The lowest BCUT2D eigenvalue weighted by molar-refractivity contribution is -0.115. The molecule has 0 saturated heterocycles. The molecule has 0 aliphatic heterocycles. The third-order valence-corrected chi connectivity index (χ3v) is 6.29. The van der Waals surface area contributed by atoms with Crippen LogP contribution in [0.15, 0.2) is 52.0 Å². The molecule has 2 aromatic carbocycles. The Morgan fingerprint density at radius 2 is 2.07 bits per heavy atom. The van der Waals surface area contributed by atoms with Crippen LogP contribution in [0.2, 0.25) is 0 Å². The van der Waals surface area contributed by atoms with Gasteiger partial charge in [-0.05, 0) is 36.4 Å². The maximum Gasteiger partial charge on any atom is 0.230 e. The summed E-state index contributed by atoms with van der Waals surface area (Å²) in [6.45, 7) is 0. The number of nitrogens with zero attached hydrogens (tertiary/aromatic N) is 1. The second-order valence-corrected chi connectivity index (χ2v) is 9.32. The van der Waals surface area contributed by atoms with E-state index in [1.165, 1.54) is 17.4 Å². The van der Waals surface area contributed by atoms with Crippen LogP contribution in [0, 0.1) is 0 Å². The van der Waals surface area contributed by atoms with Gasteiger partial charge in [-0.3, -0.25) is 4.79 Å². The summed E-state index contributed by atoms with van der Waals surface area (Å²) in [5.41, 5.74) is 2.05. The maximum absolute atomic E-state index is 12.5. The number of fused-ring (bicyclic) bond motifs is 2. The second-order valence-electron chi connectivity index (χ2n) is 6.27. The van der Waals surface area contributed by atoms with Crippen LogP contribution in [-0.4, -0.2) is 32.7 Å². The van der Waals surface area contributed by atoms with Gasteiger partial charge in [0.15, 0.2) is 15.0 Å². The number of carbonyl (C=O) groups is 1. The Labute approximate surface area is 164 Å². The van der Waals surface area contributed by atoms with Crippen molar-refractivity contribution < 1.29 is 22.4 Å². The lowest BCUT2D eigenvalue weighted by Crippen LogP contribution is -2.13. The predicted molar refractivity (Wildman–Crippen MR) is 108 cm³/mol. The van der Waals surface area contributed by atoms with Crippen LogP contribution in [0.5, 0.6) is 5.75 Å². The Bertz CT molecular complexity index is 1300. The van der Waals surface area contributed by atoms with Gasteiger partial charge in [0, 0.05) is 17.2 Å². The summed E-state index contributed by atoms with van der Waals surface area (Å²) in [5.74, 6) is 0.441. The molecule has 0 spiro atoms. The average Bonchev–Trinajstić information content (AvgIpc) is 3.23. The summed E-state index contributed by atoms with van der Waals surface area (Å²) in [4.78, 5) is 17.0. The van der Waals surface area contributed by atoms with Crippen molar-refractivity contribution in [2.24, 2.45) is 0 Å². The van der Waals surface area contributed by atoms with E-state index in [1.54, 1.807) is 37.6 Å². The molecular weight excluding hydrogens is 400 g/mol. The molecule has 0 saturated carbocycles. The van der Waals surface area contributed by atoms with E-state index < -0.39 is 9.84 Å².